The number of rotatable bonds is 7. The van der Waals surface area contributed by atoms with Crippen molar-refractivity contribution in [2.75, 3.05) is 10.6 Å². The lowest BCUT2D eigenvalue weighted by Gasteiger charge is -2.16. The minimum atomic E-state index is -0.163. The average molecular weight is 403 g/mol. The van der Waals surface area contributed by atoms with E-state index in [0.29, 0.717) is 12.2 Å². The van der Waals surface area contributed by atoms with E-state index in [2.05, 4.69) is 32.5 Å². The SMILES string of the molecule is CCc1cc(=O)[nH]c(-c2ccc(NC(C)c3ccc(NC(=O)C4CC4)cc3)nc2)n1. The molecule has 154 valence electrons. The lowest BCUT2D eigenvalue weighted by Crippen LogP contribution is -2.13. The van der Waals surface area contributed by atoms with E-state index in [9.17, 15) is 9.59 Å². The molecule has 0 spiro atoms. The number of benzene rings is 1. The lowest BCUT2D eigenvalue weighted by molar-refractivity contribution is -0.117. The number of nitrogens with one attached hydrogen (secondary N) is 3. The van der Waals surface area contributed by atoms with E-state index in [0.717, 1.165) is 41.2 Å². The second kappa shape index (κ2) is 8.49. The van der Waals surface area contributed by atoms with Crippen LogP contribution >= 0.6 is 0 Å². The topological polar surface area (TPSA) is 99.8 Å². The predicted molar refractivity (Wildman–Crippen MR) is 117 cm³/mol. The third-order valence-electron chi connectivity index (χ3n) is 5.18. The number of carbonyl (C=O) groups is 1. The number of aromatic amines is 1. The highest BCUT2D eigenvalue weighted by molar-refractivity contribution is 5.94. The Morgan fingerprint density at radius 2 is 1.97 bits per heavy atom. The highest BCUT2D eigenvalue weighted by atomic mass is 16.2. The van der Waals surface area contributed by atoms with Gasteiger partial charge >= 0.3 is 0 Å². The zero-order chi connectivity index (χ0) is 21.1. The first-order valence-corrected chi connectivity index (χ1v) is 10.3. The molecule has 1 atom stereocenters. The summed E-state index contributed by atoms with van der Waals surface area (Å²) in [7, 11) is 0. The van der Waals surface area contributed by atoms with Gasteiger partial charge in [-0.1, -0.05) is 19.1 Å². The standard InChI is InChI=1S/C23H25N5O2/c1-3-18-12-21(29)28-22(26-18)17-8-11-20(24-13-17)25-14(2)15-6-9-19(10-7-15)27-23(30)16-4-5-16/h6-14,16H,3-5H2,1-2H3,(H,24,25)(H,27,30)(H,26,28,29). The Morgan fingerprint density at radius 3 is 2.60 bits per heavy atom. The largest absolute Gasteiger partial charge is 0.364 e. The van der Waals surface area contributed by atoms with Crippen molar-refractivity contribution in [2.24, 2.45) is 5.92 Å². The summed E-state index contributed by atoms with van der Waals surface area (Å²) in [5.74, 6) is 1.55. The lowest BCUT2D eigenvalue weighted by atomic mass is 10.1. The molecule has 1 amide bonds. The van der Waals surface area contributed by atoms with Crippen LogP contribution in [-0.4, -0.2) is 20.9 Å². The molecule has 1 saturated carbocycles. The van der Waals surface area contributed by atoms with E-state index in [-0.39, 0.29) is 23.4 Å². The quantitative estimate of drug-likeness (QED) is 0.555. The molecule has 2 aromatic heterocycles. The van der Waals surface area contributed by atoms with Crippen molar-refractivity contribution in [3.63, 3.8) is 0 Å². The number of aromatic nitrogens is 3. The van der Waals surface area contributed by atoms with E-state index < -0.39 is 0 Å². The zero-order valence-corrected chi connectivity index (χ0v) is 17.1. The summed E-state index contributed by atoms with van der Waals surface area (Å²) in [6.07, 6.45) is 4.38. The maximum Gasteiger partial charge on any atom is 0.251 e. The summed E-state index contributed by atoms with van der Waals surface area (Å²) in [6.45, 7) is 4.02. The molecule has 1 unspecified atom stereocenters. The van der Waals surface area contributed by atoms with Crippen LogP contribution in [0, 0.1) is 5.92 Å². The van der Waals surface area contributed by atoms with Gasteiger partial charge in [0.05, 0.1) is 0 Å². The summed E-state index contributed by atoms with van der Waals surface area (Å²) in [5.41, 5.74) is 3.26. The van der Waals surface area contributed by atoms with Crippen molar-refractivity contribution < 1.29 is 4.79 Å². The van der Waals surface area contributed by atoms with E-state index in [1.165, 1.54) is 6.07 Å². The third kappa shape index (κ3) is 4.74. The Balaban J connectivity index is 1.41. The van der Waals surface area contributed by atoms with Crippen molar-refractivity contribution in [3.8, 4) is 11.4 Å². The number of pyridine rings is 1. The average Bonchev–Trinajstić information content (AvgIpc) is 3.60. The van der Waals surface area contributed by atoms with Crippen LogP contribution in [0.2, 0.25) is 0 Å². The van der Waals surface area contributed by atoms with E-state index in [1.54, 1.807) is 6.20 Å². The van der Waals surface area contributed by atoms with E-state index in [1.807, 2.05) is 43.3 Å². The summed E-state index contributed by atoms with van der Waals surface area (Å²) in [5, 5.41) is 6.32. The van der Waals surface area contributed by atoms with Crippen LogP contribution in [0.5, 0.6) is 0 Å². The van der Waals surface area contributed by atoms with Gasteiger partial charge in [-0.15, -0.1) is 0 Å². The van der Waals surface area contributed by atoms with Crippen LogP contribution < -0.4 is 16.2 Å². The molecule has 1 aromatic carbocycles. The summed E-state index contributed by atoms with van der Waals surface area (Å²) < 4.78 is 0. The fraction of sp³-hybridized carbons (Fsp3) is 0.304. The Morgan fingerprint density at radius 1 is 1.20 bits per heavy atom. The van der Waals surface area contributed by atoms with Gasteiger partial charge in [0.25, 0.3) is 5.56 Å². The molecule has 1 aliphatic rings. The van der Waals surface area contributed by atoms with Crippen molar-refractivity contribution in [2.45, 2.75) is 39.2 Å². The van der Waals surface area contributed by atoms with Crippen LogP contribution in [0.25, 0.3) is 11.4 Å². The van der Waals surface area contributed by atoms with Gasteiger partial charge in [-0.3, -0.25) is 9.59 Å². The second-order valence-corrected chi connectivity index (χ2v) is 7.62. The highest BCUT2D eigenvalue weighted by Gasteiger charge is 2.29. The van der Waals surface area contributed by atoms with Crippen molar-refractivity contribution in [1.29, 1.82) is 0 Å². The number of hydrogen-bond donors (Lipinski definition) is 3. The summed E-state index contributed by atoms with van der Waals surface area (Å²) in [6, 6.07) is 13.2. The minimum Gasteiger partial charge on any atom is -0.364 e. The summed E-state index contributed by atoms with van der Waals surface area (Å²) in [4.78, 5) is 35.3. The number of amides is 1. The molecule has 3 N–H and O–H groups in total. The van der Waals surface area contributed by atoms with Crippen molar-refractivity contribution >= 4 is 17.4 Å². The van der Waals surface area contributed by atoms with Gasteiger partial charge in [0.2, 0.25) is 5.91 Å². The number of H-pyrrole nitrogens is 1. The van der Waals surface area contributed by atoms with Crippen molar-refractivity contribution in [1.82, 2.24) is 15.0 Å². The zero-order valence-electron chi connectivity index (χ0n) is 17.1. The molecule has 0 radical (unpaired) electrons. The molecule has 7 nitrogen and oxygen atoms in total. The molecule has 3 aromatic rings. The Bertz CT molecular complexity index is 1090. The number of carbonyl (C=O) groups excluding carboxylic acids is 1. The van der Waals surface area contributed by atoms with Crippen LogP contribution in [0.1, 0.15) is 44.0 Å². The molecule has 30 heavy (non-hydrogen) atoms. The van der Waals surface area contributed by atoms with Gasteiger partial charge in [-0.25, -0.2) is 9.97 Å². The molecular formula is C23H25N5O2. The first-order chi connectivity index (χ1) is 14.5. The fourth-order valence-electron chi connectivity index (χ4n) is 3.20. The molecule has 0 bridgehead atoms. The Labute approximate surface area is 175 Å². The second-order valence-electron chi connectivity index (χ2n) is 7.62. The Kier molecular flexibility index (Phi) is 5.61. The normalized spacial score (nSPS) is 14.2. The maximum atomic E-state index is 11.9. The first kappa shape index (κ1) is 19.8. The maximum absolute atomic E-state index is 11.9. The molecule has 1 fully saturated rings. The molecule has 2 heterocycles. The van der Waals surface area contributed by atoms with Gasteiger partial charge < -0.3 is 15.6 Å². The molecule has 0 aliphatic heterocycles. The van der Waals surface area contributed by atoms with Gasteiger partial charge in [0.1, 0.15) is 11.6 Å². The Hall–Kier alpha value is -3.48. The monoisotopic (exact) mass is 403 g/mol. The third-order valence-corrected chi connectivity index (χ3v) is 5.18. The van der Waals surface area contributed by atoms with E-state index >= 15 is 0 Å². The van der Waals surface area contributed by atoms with Gasteiger partial charge in [-0.2, -0.15) is 0 Å². The predicted octanol–water partition coefficient (Wildman–Crippen LogP) is 3.92. The van der Waals surface area contributed by atoms with Crippen LogP contribution in [-0.2, 0) is 11.2 Å². The molecular weight excluding hydrogens is 378 g/mol. The van der Waals surface area contributed by atoms with Gasteiger partial charge in [-0.05, 0) is 56.0 Å². The van der Waals surface area contributed by atoms with E-state index in [4.69, 9.17) is 0 Å². The highest BCUT2D eigenvalue weighted by Crippen LogP contribution is 2.30. The summed E-state index contributed by atoms with van der Waals surface area (Å²) >= 11 is 0. The van der Waals surface area contributed by atoms with Gasteiger partial charge in [0.15, 0.2) is 0 Å². The van der Waals surface area contributed by atoms with Crippen LogP contribution in [0.3, 0.4) is 0 Å². The first-order valence-electron chi connectivity index (χ1n) is 10.3. The number of nitrogens with zero attached hydrogens (tertiary/aromatic N) is 2. The minimum absolute atomic E-state index is 0.0397. The van der Waals surface area contributed by atoms with Gasteiger partial charge in [0, 0.05) is 41.2 Å². The smallest absolute Gasteiger partial charge is 0.251 e. The van der Waals surface area contributed by atoms with Crippen LogP contribution in [0.15, 0.2) is 53.5 Å². The molecule has 1 aliphatic carbocycles. The fourth-order valence-corrected chi connectivity index (χ4v) is 3.20. The van der Waals surface area contributed by atoms with Crippen molar-refractivity contribution in [3.05, 3.63) is 70.3 Å². The molecule has 0 saturated heterocycles. The number of aryl methyl sites for hydroxylation is 1. The van der Waals surface area contributed by atoms with Crippen LogP contribution in [0.4, 0.5) is 11.5 Å². The number of anilines is 2. The molecule has 4 rings (SSSR count). The number of hydrogen-bond acceptors (Lipinski definition) is 5. The molecule has 7 heteroatoms.